The molecule has 0 aliphatic heterocycles. The molecule has 2 N–H and O–H groups in total. The molecule has 2 heterocycles. The summed E-state index contributed by atoms with van der Waals surface area (Å²) in [6.07, 6.45) is 3.13. The van der Waals surface area contributed by atoms with E-state index in [1.54, 1.807) is 30.6 Å². The molecule has 198 valence electrons. The van der Waals surface area contributed by atoms with Gasteiger partial charge in [-0.05, 0) is 40.6 Å². The van der Waals surface area contributed by atoms with Crippen molar-refractivity contribution in [3.05, 3.63) is 84.7 Å². The van der Waals surface area contributed by atoms with Crippen molar-refractivity contribution < 1.29 is 17.9 Å². The highest BCUT2D eigenvalue weighted by Crippen LogP contribution is 2.44. The van der Waals surface area contributed by atoms with Gasteiger partial charge in [0.2, 0.25) is 21.6 Å². The second-order valence-electron chi connectivity index (χ2n) is 9.89. The second kappa shape index (κ2) is 10.0. The van der Waals surface area contributed by atoms with E-state index in [-0.39, 0.29) is 44.8 Å². The highest BCUT2D eigenvalue weighted by atomic mass is 32.2. The van der Waals surface area contributed by atoms with E-state index in [0.29, 0.717) is 5.75 Å². The zero-order valence-electron chi connectivity index (χ0n) is 21.9. The predicted octanol–water partition coefficient (Wildman–Crippen LogP) is 5.50. The van der Waals surface area contributed by atoms with Crippen LogP contribution in [0.25, 0.3) is 33.7 Å². The van der Waals surface area contributed by atoms with Gasteiger partial charge in [0.25, 0.3) is 5.88 Å². The van der Waals surface area contributed by atoms with E-state index in [2.05, 4.69) is 15.0 Å². The average molecular weight is 542 g/mol. The number of fused-ring (bicyclic) bond motifs is 1. The average Bonchev–Trinajstić information content (AvgIpc) is 2.92. The highest BCUT2D eigenvalue weighted by molar-refractivity contribution is 7.89. The maximum atomic E-state index is 12.8. The quantitative estimate of drug-likeness (QED) is 0.298. The number of methoxy groups -OCH3 is 1. The SMILES string of the molecule is COc1nc(-c2ncccn2)nc(-c2cc(C(C)(C)C)ccc2S(N)(=O)=O)c1Oc1cccc2ccccc12. The van der Waals surface area contributed by atoms with E-state index in [4.69, 9.17) is 19.6 Å². The lowest BCUT2D eigenvalue weighted by molar-refractivity contribution is 0.364. The van der Waals surface area contributed by atoms with Crippen LogP contribution >= 0.6 is 0 Å². The van der Waals surface area contributed by atoms with E-state index in [9.17, 15) is 8.42 Å². The van der Waals surface area contributed by atoms with Crippen LogP contribution in [-0.4, -0.2) is 35.5 Å². The first-order valence-corrected chi connectivity index (χ1v) is 13.7. The molecule has 0 aliphatic carbocycles. The lowest BCUT2D eigenvalue weighted by Gasteiger charge is -2.22. The lowest BCUT2D eigenvalue weighted by atomic mass is 9.86. The third-order valence-corrected chi connectivity index (χ3v) is 7.13. The summed E-state index contributed by atoms with van der Waals surface area (Å²) in [4.78, 5) is 17.7. The van der Waals surface area contributed by atoms with Crippen molar-refractivity contribution in [3.8, 4) is 40.3 Å². The van der Waals surface area contributed by atoms with E-state index >= 15 is 0 Å². The van der Waals surface area contributed by atoms with Crippen LogP contribution in [0.15, 0.2) is 84.0 Å². The number of sulfonamides is 1. The van der Waals surface area contributed by atoms with Gasteiger partial charge in [-0.2, -0.15) is 4.98 Å². The summed E-state index contributed by atoms with van der Waals surface area (Å²) >= 11 is 0. The van der Waals surface area contributed by atoms with Gasteiger partial charge in [-0.1, -0.05) is 63.2 Å². The largest absolute Gasteiger partial charge is 0.478 e. The van der Waals surface area contributed by atoms with Gasteiger partial charge >= 0.3 is 0 Å². The number of primary sulfonamides is 1. The highest BCUT2D eigenvalue weighted by Gasteiger charge is 2.28. The number of hydrogen-bond donors (Lipinski definition) is 1. The minimum atomic E-state index is -4.15. The Morgan fingerprint density at radius 1 is 0.846 bits per heavy atom. The summed E-state index contributed by atoms with van der Waals surface area (Å²) in [5.74, 6) is 1.10. The first-order chi connectivity index (χ1) is 18.6. The van der Waals surface area contributed by atoms with Crippen LogP contribution in [-0.2, 0) is 15.4 Å². The molecule has 5 aromatic rings. The van der Waals surface area contributed by atoms with Gasteiger partial charge < -0.3 is 9.47 Å². The second-order valence-corrected chi connectivity index (χ2v) is 11.4. The molecule has 10 heteroatoms. The zero-order valence-corrected chi connectivity index (χ0v) is 22.7. The number of hydrogen-bond acceptors (Lipinski definition) is 8. The Bertz CT molecular complexity index is 1780. The molecule has 9 nitrogen and oxygen atoms in total. The van der Waals surface area contributed by atoms with Gasteiger partial charge in [0.15, 0.2) is 5.82 Å². The molecule has 39 heavy (non-hydrogen) atoms. The molecule has 0 spiro atoms. The third-order valence-electron chi connectivity index (χ3n) is 6.16. The Balaban J connectivity index is 1.85. The third kappa shape index (κ3) is 5.29. The number of benzene rings is 3. The molecule has 0 unspecified atom stereocenters. The number of nitrogens with two attached hydrogens (primary N) is 1. The maximum absolute atomic E-state index is 12.8. The molecule has 2 aromatic heterocycles. The van der Waals surface area contributed by atoms with Crippen molar-refractivity contribution >= 4 is 20.8 Å². The van der Waals surface area contributed by atoms with Crippen molar-refractivity contribution in [3.63, 3.8) is 0 Å². The van der Waals surface area contributed by atoms with Crippen LogP contribution in [0.2, 0.25) is 0 Å². The molecule has 3 aromatic carbocycles. The van der Waals surface area contributed by atoms with E-state index < -0.39 is 10.0 Å². The predicted molar refractivity (Wildman–Crippen MR) is 149 cm³/mol. The topological polar surface area (TPSA) is 130 Å². The van der Waals surface area contributed by atoms with Crippen molar-refractivity contribution in [1.29, 1.82) is 0 Å². The summed E-state index contributed by atoms with van der Waals surface area (Å²) in [6.45, 7) is 6.08. The Morgan fingerprint density at radius 3 is 2.26 bits per heavy atom. The number of nitrogens with zero attached hydrogens (tertiary/aromatic N) is 4. The van der Waals surface area contributed by atoms with Crippen molar-refractivity contribution in [2.75, 3.05) is 7.11 Å². The molecular formula is C29H27N5O4S. The molecule has 0 amide bonds. The Morgan fingerprint density at radius 2 is 1.56 bits per heavy atom. The van der Waals surface area contributed by atoms with Crippen LogP contribution in [0.5, 0.6) is 17.4 Å². The Hall–Kier alpha value is -4.41. The van der Waals surface area contributed by atoms with Crippen LogP contribution in [0.3, 0.4) is 0 Å². The minimum Gasteiger partial charge on any atom is -0.478 e. The van der Waals surface area contributed by atoms with Gasteiger partial charge in [-0.15, -0.1) is 0 Å². The summed E-state index contributed by atoms with van der Waals surface area (Å²) in [7, 11) is -2.70. The fraction of sp³-hybridized carbons (Fsp3) is 0.172. The van der Waals surface area contributed by atoms with Crippen LogP contribution in [0.1, 0.15) is 26.3 Å². The van der Waals surface area contributed by atoms with Gasteiger partial charge in [-0.25, -0.2) is 28.5 Å². The lowest BCUT2D eigenvalue weighted by Crippen LogP contribution is -2.17. The first kappa shape index (κ1) is 26.2. The number of rotatable bonds is 6. The minimum absolute atomic E-state index is 0.0805. The standard InChI is InChI=1S/C29H27N5O4S/c1-29(2,3)19-13-14-23(39(30,35)36)21(17-19)24-25(38-22-12-7-10-18-9-5-6-11-20(18)22)28(37-4)34-27(33-24)26-31-15-8-16-32-26/h5-17H,1-4H3,(H2,30,35,36). The summed E-state index contributed by atoms with van der Waals surface area (Å²) < 4.78 is 37.7. The van der Waals surface area contributed by atoms with Crippen molar-refractivity contribution in [2.45, 2.75) is 31.1 Å². The number of ether oxygens (including phenoxy) is 2. The smallest absolute Gasteiger partial charge is 0.261 e. The molecule has 0 saturated heterocycles. The van der Waals surface area contributed by atoms with E-state index in [1.807, 2.05) is 63.2 Å². The maximum Gasteiger partial charge on any atom is 0.261 e. The molecule has 0 radical (unpaired) electrons. The monoisotopic (exact) mass is 541 g/mol. The molecule has 0 bridgehead atoms. The van der Waals surface area contributed by atoms with Gasteiger partial charge in [0, 0.05) is 23.3 Å². The van der Waals surface area contributed by atoms with Crippen LogP contribution < -0.4 is 14.6 Å². The van der Waals surface area contributed by atoms with Crippen LogP contribution in [0.4, 0.5) is 0 Å². The summed E-state index contributed by atoms with van der Waals surface area (Å²) in [6, 6.07) is 20.1. The summed E-state index contributed by atoms with van der Waals surface area (Å²) in [5.41, 5.74) is 0.992. The Kier molecular flexibility index (Phi) is 6.75. The van der Waals surface area contributed by atoms with Crippen molar-refractivity contribution in [1.82, 2.24) is 19.9 Å². The molecule has 0 atom stereocenters. The normalized spacial score (nSPS) is 11.9. The van der Waals surface area contributed by atoms with Gasteiger partial charge in [-0.3, -0.25) is 0 Å². The molecule has 0 saturated carbocycles. The van der Waals surface area contributed by atoms with Gasteiger partial charge in [0.1, 0.15) is 11.4 Å². The molecule has 5 rings (SSSR count). The first-order valence-electron chi connectivity index (χ1n) is 12.1. The van der Waals surface area contributed by atoms with Crippen LogP contribution in [0, 0.1) is 0 Å². The van der Waals surface area contributed by atoms with E-state index in [1.165, 1.54) is 13.2 Å². The number of aromatic nitrogens is 4. The van der Waals surface area contributed by atoms with Crippen molar-refractivity contribution in [2.24, 2.45) is 5.14 Å². The molecular weight excluding hydrogens is 514 g/mol. The van der Waals surface area contributed by atoms with E-state index in [0.717, 1.165) is 16.3 Å². The Labute approximate surface area is 226 Å². The fourth-order valence-electron chi connectivity index (χ4n) is 4.18. The zero-order chi connectivity index (χ0) is 27.8. The summed E-state index contributed by atoms with van der Waals surface area (Å²) in [5, 5.41) is 7.49. The molecule has 0 aliphatic rings. The fourth-order valence-corrected chi connectivity index (χ4v) is 4.90. The molecule has 0 fully saturated rings. The van der Waals surface area contributed by atoms with Gasteiger partial charge in [0.05, 0.1) is 12.0 Å².